The van der Waals surface area contributed by atoms with E-state index in [9.17, 15) is 0 Å². The number of rotatable bonds is 5. The highest BCUT2D eigenvalue weighted by molar-refractivity contribution is 9.09. The van der Waals surface area contributed by atoms with Crippen molar-refractivity contribution in [3.63, 3.8) is 0 Å². The lowest BCUT2D eigenvalue weighted by molar-refractivity contribution is -0.0189. The largest absolute Gasteiger partial charge is 0.372 e. The normalized spacial score (nSPS) is 27.9. The molecule has 2 atom stereocenters. The molecule has 0 aliphatic carbocycles. The molecule has 2 heteroatoms. The van der Waals surface area contributed by atoms with Crippen LogP contribution in [0.25, 0.3) is 0 Å². The molecule has 0 radical (unpaired) electrons. The second-order valence-electron chi connectivity index (χ2n) is 5.00. The average molecular weight is 263 g/mol. The summed E-state index contributed by atoms with van der Waals surface area (Å²) < 4.78 is 5.96. The Labute approximate surface area is 96.7 Å². The van der Waals surface area contributed by atoms with E-state index in [1.54, 1.807) is 0 Å². The summed E-state index contributed by atoms with van der Waals surface area (Å²) in [5, 5.41) is 0. The number of hydrogen-bond acceptors (Lipinski definition) is 1. The maximum Gasteiger partial charge on any atom is 0.0631 e. The Hall–Kier alpha value is 0.440. The van der Waals surface area contributed by atoms with Gasteiger partial charge in [0.2, 0.25) is 0 Å². The SMILES string of the molecule is CCCC(Br)CCC1CCC(C)(C)O1. The predicted octanol–water partition coefficient (Wildman–Crippen LogP) is 4.29. The fourth-order valence-electron chi connectivity index (χ4n) is 2.11. The Morgan fingerprint density at radius 1 is 1.43 bits per heavy atom. The summed E-state index contributed by atoms with van der Waals surface area (Å²) in [6.07, 6.45) is 8.02. The topological polar surface area (TPSA) is 9.23 Å². The second-order valence-corrected chi connectivity index (χ2v) is 6.30. The summed E-state index contributed by atoms with van der Waals surface area (Å²) in [4.78, 5) is 0.694. The van der Waals surface area contributed by atoms with E-state index in [1.165, 1.54) is 38.5 Å². The maximum atomic E-state index is 5.96. The highest BCUT2D eigenvalue weighted by atomic mass is 79.9. The molecule has 1 fully saturated rings. The molecule has 1 rings (SSSR count). The Morgan fingerprint density at radius 2 is 2.14 bits per heavy atom. The van der Waals surface area contributed by atoms with E-state index in [0.29, 0.717) is 10.9 Å². The standard InChI is InChI=1S/C12H23BrO/c1-4-5-10(13)6-7-11-8-9-12(2,3)14-11/h10-11H,4-9H2,1-3H3. The van der Waals surface area contributed by atoms with Crippen LogP contribution >= 0.6 is 15.9 Å². The number of ether oxygens (including phenoxy) is 1. The van der Waals surface area contributed by atoms with Gasteiger partial charge in [-0.3, -0.25) is 0 Å². The molecule has 0 aromatic rings. The molecule has 0 N–H and O–H groups in total. The van der Waals surface area contributed by atoms with Gasteiger partial charge in [-0.2, -0.15) is 0 Å². The van der Waals surface area contributed by atoms with Crippen LogP contribution < -0.4 is 0 Å². The minimum atomic E-state index is 0.136. The van der Waals surface area contributed by atoms with Gasteiger partial charge in [-0.25, -0.2) is 0 Å². The molecule has 0 aromatic heterocycles. The lowest BCUT2D eigenvalue weighted by Gasteiger charge is -2.19. The Balaban J connectivity index is 2.14. The number of halogens is 1. The zero-order valence-electron chi connectivity index (χ0n) is 9.68. The van der Waals surface area contributed by atoms with Crippen molar-refractivity contribution in [2.24, 2.45) is 0 Å². The van der Waals surface area contributed by atoms with Crippen LogP contribution in [-0.2, 0) is 4.74 Å². The van der Waals surface area contributed by atoms with Gasteiger partial charge in [0.05, 0.1) is 11.7 Å². The first-order valence-corrected chi connectivity index (χ1v) is 6.77. The highest BCUT2D eigenvalue weighted by Gasteiger charge is 2.31. The average Bonchev–Trinajstić information content (AvgIpc) is 2.43. The molecule has 2 unspecified atom stereocenters. The van der Waals surface area contributed by atoms with Gasteiger partial charge in [-0.15, -0.1) is 0 Å². The van der Waals surface area contributed by atoms with E-state index in [2.05, 4.69) is 36.7 Å². The van der Waals surface area contributed by atoms with Gasteiger partial charge in [0.1, 0.15) is 0 Å². The van der Waals surface area contributed by atoms with E-state index in [0.717, 1.165) is 0 Å². The highest BCUT2D eigenvalue weighted by Crippen LogP contribution is 2.32. The molecule has 84 valence electrons. The predicted molar refractivity (Wildman–Crippen MR) is 65.0 cm³/mol. The van der Waals surface area contributed by atoms with Crippen LogP contribution in [0.4, 0.5) is 0 Å². The summed E-state index contributed by atoms with van der Waals surface area (Å²) in [7, 11) is 0. The summed E-state index contributed by atoms with van der Waals surface area (Å²) >= 11 is 3.72. The Bertz CT molecular complexity index is 168. The second kappa shape index (κ2) is 5.50. The molecule has 1 aliphatic heterocycles. The van der Waals surface area contributed by atoms with Crippen molar-refractivity contribution in [3.05, 3.63) is 0 Å². The maximum absolute atomic E-state index is 5.96. The summed E-state index contributed by atoms with van der Waals surface area (Å²) in [5.74, 6) is 0. The van der Waals surface area contributed by atoms with Crippen LogP contribution in [0.2, 0.25) is 0 Å². The van der Waals surface area contributed by atoms with Crippen molar-refractivity contribution < 1.29 is 4.74 Å². The first-order valence-electron chi connectivity index (χ1n) is 5.85. The van der Waals surface area contributed by atoms with Gasteiger partial charge in [0.15, 0.2) is 0 Å². The molecule has 0 aromatic carbocycles. The molecule has 0 amide bonds. The van der Waals surface area contributed by atoms with Gasteiger partial charge in [-0.05, 0) is 46.0 Å². The van der Waals surface area contributed by atoms with Gasteiger partial charge in [-0.1, -0.05) is 29.3 Å². The van der Waals surface area contributed by atoms with Gasteiger partial charge in [0.25, 0.3) is 0 Å². The van der Waals surface area contributed by atoms with Crippen molar-refractivity contribution in [2.75, 3.05) is 0 Å². The first kappa shape index (κ1) is 12.5. The van der Waals surface area contributed by atoms with Crippen LogP contribution in [0.3, 0.4) is 0 Å². The molecule has 0 spiro atoms. The van der Waals surface area contributed by atoms with Crippen molar-refractivity contribution in [1.82, 2.24) is 0 Å². The first-order chi connectivity index (χ1) is 6.53. The molecule has 14 heavy (non-hydrogen) atoms. The quantitative estimate of drug-likeness (QED) is 0.672. The number of hydrogen-bond donors (Lipinski definition) is 0. The van der Waals surface area contributed by atoms with E-state index in [1.807, 2.05) is 0 Å². The van der Waals surface area contributed by atoms with E-state index < -0.39 is 0 Å². The molecule has 0 bridgehead atoms. The van der Waals surface area contributed by atoms with E-state index in [-0.39, 0.29) is 5.60 Å². The summed E-state index contributed by atoms with van der Waals surface area (Å²) in [5.41, 5.74) is 0.136. The lowest BCUT2D eigenvalue weighted by atomic mass is 10.0. The van der Waals surface area contributed by atoms with Crippen LogP contribution in [0, 0.1) is 0 Å². The van der Waals surface area contributed by atoms with Crippen molar-refractivity contribution >= 4 is 15.9 Å². The van der Waals surface area contributed by atoms with Gasteiger partial charge in [0, 0.05) is 4.83 Å². The minimum Gasteiger partial charge on any atom is -0.372 e. The summed E-state index contributed by atoms with van der Waals surface area (Å²) in [6.45, 7) is 6.64. The third-order valence-corrected chi connectivity index (χ3v) is 3.87. The van der Waals surface area contributed by atoms with Gasteiger partial charge < -0.3 is 4.74 Å². The molecular weight excluding hydrogens is 240 g/mol. The molecule has 1 nitrogen and oxygen atoms in total. The van der Waals surface area contributed by atoms with E-state index in [4.69, 9.17) is 4.74 Å². The van der Waals surface area contributed by atoms with Crippen molar-refractivity contribution in [1.29, 1.82) is 0 Å². The molecular formula is C12H23BrO. The number of alkyl halides is 1. The summed E-state index contributed by atoms with van der Waals surface area (Å²) in [6, 6.07) is 0. The molecule has 1 saturated heterocycles. The lowest BCUT2D eigenvalue weighted by Crippen LogP contribution is -2.20. The molecule has 0 saturated carbocycles. The fraction of sp³-hybridized carbons (Fsp3) is 1.00. The third-order valence-electron chi connectivity index (χ3n) is 2.96. The smallest absolute Gasteiger partial charge is 0.0631 e. The van der Waals surface area contributed by atoms with Crippen LogP contribution in [0.5, 0.6) is 0 Å². The monoisotopic (exact) mass is 262 g/mol. The fourth-order valence-corrected chi connectivity index (χ4v) is 2.83. The zero-order chi connectivity index (χ0) is 10.6. The zero-order valence-corrected chi connectivity index (χ0v) is 11.3. The Kier molecular flexibility index (Phi) is 4.92. The van der Waals surface area contributed by atoms with Crippen LogP contribution in [-0.4, -0.2) is 16.5 Å². The minimum absolute atomic E-state index is 0.136. The third kappa shape index (κ3) is 4.31. The van der Waals surface area contributed by atoms with Gasteiger partial charge >= 0.3 is 0 Å². The Morgan fingerprint density at radius 3 is 2.64 bits per heavy atom. The van der Waals surface area contributed by atoms with Crippen molar-refractivity contribution in [2.45, 2.75) is 75.8 Å². The molecule has 1 heterocycles. The van der Waals surface area contributed by atoms with Crippen molar-refractivity contribution in [3.8, 4) is 0 Å². The van der Waals surface area contributed by atoms with E-state index >= 15 is 0 Å². The van der Waals surface area contributed by atoms with Crippen LogP contribution in [0.1, 0.15) is 59.3 Å². The van der Waals surface area contributed by atoms with Crippen LogP contribution in [0.15, 0.2) is 0 Å². The molecule has 1 aliphatic rings.